The van der Waals surface area contributed by atoms with Crippen molar-refractivity contribution in [3.63, 3.8) is 0 Å². The van der Waals surface area contributed by atoms with Crippen LogP contribution < -0.4 is 4.72 Å². The molecular formula is C9H11ClN4O2S2. The lowest BCUT2D eigenvalue weighted by Crippen LogP contribution is -2.27. The maximum absolute atomic E-state index is 12.1. The summed E-state index contributed by atoms with van der Waals surface area (Å²) in [5, 5.41) is 6.29. The summed E-state index contributed by atoms with van der Waals surface area (Å²) in [6.45, 7) is 3.44. The van der Waals surface area contributed by atoms with Gasteiger partial charge < -0.3 is 0 Å². The number of hydrogen-bond donors (Lipinski definition) is 2. The van der Waals surface area contributed by atoms with Crippen molar-refractivity contribution in [1.29, 1.82) is 0 Å². The molecule has 0 aromatic carbocycles. The summed E-state index contributed by atoms with van der Waals surface area (Å²) in [5.41, 5.74) is 0.745. The molecule has 0 aliphatic carbocycles. The second kappa shape index (κ2) is 4.96. The van der Waals surface area contributed by atoms with Gasteiger partial charge >= 0.3 is 0 Å². The third-order valence-corrected chi connectivity index (χ3v) is 5.84. The van der Waals surface area contributed by atoms with E-state index in [0.717, 1.165) is 16.9 Å². The Kier molecular flexibility index (Phi) is 3.71. The number of nitrogens with one attached hydrogen (secondary N) is 2. The van der Waals surface area contributed by atoms with Crippen LogP contribution >= 0.6 is 22.9 Å². The number of halogens is 1. The van der Waals surface area contributed by atoms with Gasteiger partial charge in [0.25, 0.3) is 10.0 Å². The topological polar surface area (TPSA) is 87.7 Å². The van der Waals surface area contributed by atoms with Crippen LogP contribution in [0.1, 0.15) is 24.4 Å². The van der Waals surface area contributed by atoms with Crippen LogP contribution in [-0.4, -0.2) is 23.6 Å². The lowest BCUT2D eigenvalue weighted by molar-refractivity contribution is 0.562. The van der Waals surface area contributed by atoms with Crippen molar-refractivity contribution in [1.82, 2.24) is 19.9 Å². The van der Waals surface area contributed by atoms with Crippen molar-refractivity contribution in [3.8, 4) is 0 Å². The Balaban J connectivity index is 2.22. The van der Waals surface area contributed by atoms with Crippen molar-refractivity contribution >= 4 is 33.0 Å². The van der Waals surface area contributed by atoms with Gasteiger partial charge in [0.2, 0.25) is 0 Å². The Labute approximate surface area is 113 Å². The first-order chi connectivity index (χ1) is 8.40. The van der Waals surface area contributed by atoms with E-state index < -0.39 is 16.1 Å². The lowest BCUT2D eigenvalue weighted by Gasteiger charge is -2.09. The quantitative estimate of drug-likeness (QED) is 0.902. The van der Waals surface area contributed by atoms with Crippen LogP contribution in [0.5, 0.6) is 0 Å². The van der Waals surface area contributed by atoms with Crippen LogP contribution in [0.25, 0.3) is 0 Å². The number of nitrogens with zero attached hydrogens (tertiary/aromatic N) is 2. The Morgan fingerprint density at radius 3 is 2.78 bits per heavy atom. The molecule has 0 saturated carbocycles. The van der Waals surface area contributed by atoms with E-state index in [1.165, 1.54) is 6.33 Å². The van der Waals surface area contributed by atoms with Crippen molar-refractivity contribution in [3.05, 3.63) is 28.1 Å². The Morgan fingerprint density at radius 1 is 1.56 bits per heavy atom. The number of sulfonamides is 1. The number of H-pyrrole nitrogens is 1. The second-order valence-corrected chi connectivity index (χ2v) is 7.33. The average molecular weight is 307 g/mol. The van der Waals surface area contributed by atoms with Gasteiger partial charge in [-0.15, -0.1) is 11.3 Å². The molecule has 0 bridgehead atoms. The molecule has 98 valence electrons. The summed E-state index contributed by atoms with van der Waals surface area (Å²) in [6, 6.07) is 1.06. The molecule has 2 aromatic heterocycles. The molecule has 0 aliphatic heterocycles. The minimum atomic E-state index is -3.59. The highest BCUT2D eigenvalue weighted by Crippen LogP contribution is 2.30. The van der Waals surface area contributed by atoms with E-state index >= 15 is 0 Å². The molecule has 0 saturated heterocycles. The summed E-state index contributed by atoms with van der Waals surface area (Å²) in [5.74, 6) is 0.456. The number of aromatic nitrogens is 3. The van der Waals surface area contributed by atoms with Crippen LogP contribution in [0.15, 0.2) is 16.6 Å². The van der Waals surface area contributed by atoms with E-state index in [9.17, 15) is 8.42 Å². The van der Waals surface area contributed by atoms with E-state index in [-0.39, 0.29) is 4.21 Å². The molecule has 1 atom stereocenters. The summed E-state index contributed by atoms with van der Waals surface area (Å²) >= 11 is 6.90. The lowest BCUT2D eigenvalue weighted by atomic mass is 10.3. The highest BCUT2D eigenvalue weighted by Gasteiger charge is 2.22. The average Bonchev–Trinajstić information content (AvgIpc) is 2.89. The zero-order valence-corrected chi connectivity index (χ0v) is 12.0. The third kappa shape index (κ3) is 2.72. The minimum absolute atomic E-state index is 0.191. The fraction of sp³-hybridized carbons (Fsp3) is 0.333. The van der Waals surface area contributed by atoms with Gasteiger partial charge in [0.1, 0.15) is 16.4 Å². The smallest absolute Gasteiger partial charge is 0.250 e. The van der Waals surface area contributed by atoms with Gasteiger partial charge in [-0.05, 0) is 25.5 Å². The summed E-state index contributed by atoms with van der Waals surface area (Å²) in [6.07, 6.45) is 1.33. The van der Waals surface area contributed by atoms with Crippen molar-refractivity contribution in [2.45, 2.75) is 24.1 Å². The second-order valence-electron chi connectivity index (χ2n) is 3.74. The van der Waals surface area contributed by atoms with Crippen LogP contribution in [-0.2, 0) is 10.0 Å². The largest absolute Gasteiger partial charge is 0.262 e. The Bertz CT molecular complexity index is 616. The van der Waals surface area contributed by atoms with Crippen molar-refractivity contribution in [2.75, 3.05) is 0 Å². The summed E-state index contributed by atoms with van der Waals surface area (Å²) in [4.78, 5) is 3.90. The van der Waals surface area contributed by atoms with Crippen LogP contribution in [0.4, 0.5) is 0 Å². The van der Waals surface area contributed by atoms with Crippen LogP contribution in [0, 0.1) is 6.92 Å². The van der Waals surface area contributed by atoms with Gasteiger partial charge in [-0.2, -0.15) is 5.10 Å². The summed E-state index contributed by atoms with van der Waals surface area (Å²) < 4.78 is 27.3. The maximum Gasteiger partial charge on any atom is 0.250 e. The molecule has 0 radical (unpaired) electrons. The first-order valence-electron chi connectivity index (χ1n) is 5.03. The molecule has 0 aliphatic rings. The Morgan fingerprint density at radius 2 is 2.28 bits per heavy atom. The predicted molar refractivity (Wildman–Crippen MR) is 69.2 cm³/mol. The zero-order chi connectivity index (χ0) is 13.3. The predicted octanol–water partition coefficient (Wildman–Crippen LogP) is 1.87. The fourth-order valence-electron chi connectivity index (χ4n) is 1.33. The molecule has 6 nitrogen and oxygen atoms in total. The van der Waals surface area contributed by atoms with Gasteiger partial charge in [-0.25, -0.2) is 18.1 Å². The van der Waals surface area contributed by atoms with E-state index in [1.54, 1.807) is 19.9 Å². The standard InChI is InChI=1S/C9H11ClN4O2S2/c1-5-3-7(17-8(5)10)18(15,16)14-6(2)9-11-4-12-13-9/h3-4,6,14H,1-2H3,(H,11,12,13). The van der Waals surface area contributed by atoms with E-state index in [2.05, 4.69) is 19.9 Å². The van der Waals surface area contributed by atoms with Crippen LogP contribution in [0.3, 0.4) is 0 Å². The highest BCUT2D eigenvalue weighted by atomic mass is 35.5. The molecular weight excluding hydrogens is 296 g/mol. The van der Waals surface area contributed by atoms with Gasteiger partial charge in [-0.3, -0.25) is 5.10 Å². The van der Waals surface area contributed by atoms with Crippen molar-refractivity contribution < 1.29 is 8.42 Å². The highest BCUT2D eigenvalue weighted by molar-refractivity contribution is 7.91. The molecule has 0 amide bonds. The molecule has 0 fully saturated rings. The summed E-state index contributed by atoms with van der Waals surface area (Å²) in [7, 11) is -3.59. The van der Waals surface area contributed by atoms with E-state index in [4.69, 9.17) is 11.6 Å². The molecule has 2 rings (SSSR count). The Hall–Kier alpha value is -0.960. The SMILES string of the molecule is Cc1cc(S(=O)(=O)NC(C)c2ncn[nH]2)sc1Cl. The third-order valence-electron chi connectivity index (χ3n) is 2.28. The molecule has 2 N–H and O–H groups in total. The first kappa shape index (κ1) is 13.5. The van der Waals surface area contributed by atoms with Gasteiger partial charge in [-0.1, -0.05) is 11.6 Å². The zero-order valence-electron chi connectivity index (χ0n) is 9.64. The number of thiophene rings is 1. The molecule has 2 heterocycles. The molecule has 0 spiro atoms. The first-order valence-corrected chi connectivity index (χ1v) is 7.71. The van der Waals surface area contributed by atoms with Gasteiger partial charge in [0.15, 0.2) is 0 Å². The number of aryl methyl sites for hydroxylation is 1. The molecule has 2 aromatic rings. The normalized spacial score (nSPS) is 13.7. The van der Waals surface area contributed by atoms with Crippen molar-refractivity contribution in [2.24, 2.45) is 0 Å². The molecule has 9 heteroatoms. The number of hydrogen-bond acceptors (Lipinski definition) is 5. The minimum Gasteiger partial charge on any atom is -0.262 e. The van der Waals surface area contributed by atoms with Gasteiger partial charge in [0.05, 0.1) is 10.4 Å². The molecule has 1 unspecified atom stereocenters. The number of rotatable bonds is 4. The monoisotopic (exact) mass is 306 g/mol. The van der Waals surface area contributed by atoms with Gasteiger partial charge in [0, 0.05) is 0 Å². The van der Waals surface area contributed by atoms with Crippen LogP contribution in [0.2, 0.25) is 4.34 Å². The van der Waals surface area contributed by atoms with E-state index in [1.807, 2.05) is 0 Å². The fourth-order valence-corrected chi connectivity index (χ4v) is 4.27. The molecule has 18 heavy (non-hydrogen) atoms. The van der Waals surface area contributed by atoms with E-state index in [0.29, 0.717) is 10.2 Å². The maximum atomic E-state index is 12.1. The number of aromatic amines is 1.